The number of hydrogen-bond donors (Lipinski definition) is 3. The van der Waals surface area contributed by atoms with E-state index in [-0.39, 0.29) is 6.54 Å². The van der Waals surface area contributed by atoms with Gasteiger partial charge >= 0.3 is 6.03 Å². The third kappa shape index (κ3) is 5.47. The van der Waals surface area contributed by atoms with Gasteiger partial charge in [-0.25, -0.2) is 27.9 Å². The zero-order valence-corrected chi connectivity index (χ0v) is 15.8. The summed E-state index contributed by atoms with van der Waals surface area (Å²) >= 11 is 0. The molecule has 2 amide bonds. The highest BCUT2D eigenvalue weighted by molar-refractivity contribution is 5.89. The van der Waals surface area contributed by atoms with Crippen LogP contribution in [0, 0.1) is 24.4 Å². The SMILES string of the molecule is Cc1nc(NCCNC(=O)Nc2ccc(F)c(F)c2F)cc(N2CCOCC2)n1. The zero-order valence-electron chi connectivity index (χ0n) is 15.8. The van der Waals surface area contributed by atoms with E-state index in [1.165, 1.54) is 0 Å². The van der Waals surface area contributed by atoms with Crippen molar-refractivity contribution in [1.29, 1.82) is 0 Å². The molecule has 3 rings (SSSR count). The number of anilines is 3. The van der Waals surface area contributed by atoms with Gasteiger partial charge in [0, 0.05) is 32.2 Å². The number of nitrogens with one attached hydrogen (secondary N) is 3. The maximum Gasteiger partial charge on any atom is 0.319 e. The van der Waals surface area contributed by atoms with Crippen molar-refractivity contribution in [3.63, 3.8) is 0 Å². The first kappa shape index (κ1) is 20.6. The molecular formula is C18H21F3N6O2. The van der Waals surface area contributed by atoms with Crippen LogP contribution in [-0.2, 0) is 4.74 Å². The van der Waals surface area contributed by atoms with Gasteiger partial charge in [-0.1, -0.05) is 0 Å². The van der Waals surface area contributed by atoms with Gasteiger partial charge in [-0.3, -0.25) is 0 Å². The summed E-state index contributed by atoms with van der Waals surface area (Å²) in [6.45, 7) is 5.10. The topological polar surface area (TPSA) is 91.4 Å². The number of hydrogen-bond acceptors (Lipinski definition) is 6. The lowest BCUT2D eigenvalue weighted by Gasteiger charge is -2.28. The second-order valence-electron chi connectivity index (χ2n) is 6.29. The molecule has 2 heterocycles. The average Bonchev–Trinajstić information content (AvgIpc) is 2.72. The monoisotopic (exact) mass is 410 g/mol. The van der Waals surface area contributed by atoms with E-state index in [4.69, 9.17) is 4.74 Å². The molecule has 8 nitrogen and oxygen atoms in total. The van der Waals surface area contributed by atoms with E-state index in [0.717, 1.165) is 31.0 Å². The highest BCUT2D eigenvalue weighted by Gasteiger charge is 2.16. The summed E-state index contributed by atoms with van der Waals surface area (Å²) in [6.07, 6.45) is 0. The fraction of sp³-hybridized carbons (Fsp3) is 0.389. The van der Waals surface area contributed by atoms with E-state index in [0.29, 0.717) is 31.4 Å². The number of benzene rings is 1. The van der Waals surface area contributed by atoms with Gasteiger partial charge in [0.2, 0.25) is 0 Å². The zero-order chi connectivity index (χ0) is 20.8. The van der Waals surface area contributed by atoms with Crippen LogP contribution in [0.2, 0.25) is 0 Å². The second kappa shape index (κ2) is 9.41. The summed E-state index contributed by atoms with van der Waals surface area (Å²) in [4.78, 5) is 22.6. The lowest BCUT2D eigenvalue weighted by atomic mass is 10.3. The Morgan fingerprint density at radius 1 is 1.14 bits per heavy atom. The Kier molecular flexibility index (Phi) is 6.70. The number of urea groups is 1. The van der Waals surface area contributed by atoms with Crippen molar-refractivity contribution in [3.05, 3.63) is 41.5 Å². The summed E-state index contributed by atoms with van der Waals surface area (Å²) in [6, 6.07) is 2.75. The molecule has 156 valence electrons. The van der Waals surface area contributed by atoms with Gasteiger partial charge in [0.05, 0.1) is 18.9 Å². The Labute approximate surface area is 165 Å². The van der Waals surface area contributed by atoms with E-state index < -0.39 is 29.2 Å². The van der Waals surface area contributed by atoms with Crippen LogP contribution in [0.15, 0.2) is 18.2 Å². The number of nitrogens with zero attached hydrogens (tertiary/aromatic N) is 3. The van der Waals surface area contributed by atoms with Crippen LogP contribution in [0.3, 0.4) is 0 Å². The van der Waals surface area contributed by atoms with Crippen LogP contribution in [0.4, 0.5) is 35.3 Å². The molecule has 0 radical (unpaired) electrons. The van der Waals surface area contributed by atoms with Crippen molar-refractivity contribution >= 4 is 23.4 Å². The van der Waals surface area contributed by atoms with Crippen molar-refractivity contribution in [2.75, 3.05) is 54.9 Å². The van der Waals surface area contributed by atoms with Gasteiger partial charge in [0.25, 0.3) is 0 Å². The maximum atomic E-state index is 13.6. The number of aromatic nitrogens is 2. The number of morpholine rings is 1. The van der Waals surface area contributed by atoms with E-state index in [1.807, 2.05) is 6.07 Å². The van der Waals surface area contributed by atoms with E-state index in [9.17, 15) is 18.0 Å². The van der Waals surface area contributed by atoms with Gasteiger partial charge in [-0.2, -0.15) is 0 Å². The lowest BCUT2D eigenvalue weighted by molar-refractivity contribution is 0.122. The van der Waals surface area contributed by atoms with Gasteiger partial charge in [0.1, 0.15) is 17.5 Å². The van der Waals surface area contributed by atoms with Crippen LogP contribution >= 0.6 is 0 Å². The fourth-order valence-corrected chi connectivity index (χ4v) is 2.75. The highest BCUT2D eigenvalue weighted by Crippen LogP contribution is 2.19. The molecule has 1 aromatic carbocycles. The molecular weight excluding hydrogens is 389 g/mol. The summed E-state index contributed by atoms with van der Waals surface area (Å²) in [5, 5.41) is 7.70. The minimum atomic E-state index is -1.64. The Balaban J connectivity index is 1.48. The third-order valence-corrected chi connectivity index (χ3v) is 4.16. The summed E-state index contributed by atoms with van der Waals surface area (Å²) < 4.78 is 45.0. The second-order valence-corrected chi connectivity index (χ2v) is 6.29. The first-order valence-electron chi connectivity index (χ1n) is 9.04. The third-order valence-electron chi connectivity index (χ3n) is 4.16. The Morgan fingerprint density at radius 2 is 1.90 bits per heavy atom. The van der Waals surface area contributed by atoms with Crippen LogP contribution < -0.4 is 20.9 Å². The van der Waals surface area contributed by atoms with Crippen LogP contribution in [0.1, 0.15) is 5.82 Å². The number of halogens is 3. The molecule has 29 heavy (non-hydrogen) atoms. The number of rotatable bonds is 6. The smallest absolute Gasteiger partial charge is 0.319 e. The van der Waals surface area contributed by atoms with E-state index in [2.05, 4.69) is 30.8 Å². The van der Waals surface area contributed by atoms with Crippen LogP contribution in [0.25, 0.3) is 0 Å². The van der Waals surface area contributed by atoms with Gasteiger partial charge < -0.3 is 25.6 Å². The largest absolute Gasteiger partial charge is 0.378 e. The van der Waals surface area contributed by atoms with Gasteiger partial charge in [-0.05, 0) is 19.1 Å². The number of carbonyl (C=O) groups excluding carboxylic acids is 1. The summed E-state index contributed by atoms with van der Waals surface area (Å²) in [5.74, 6) is -2.41. The minimum Gasteiger partial charge on any atom is -0.378 e. The van der Waals surface area contributed by atoms with E-state index in [1.54, 1.807) is 6.92 Å². The number of carbonyl (C=O) groups is 1. The predicted molar refractivity (Wildman–Crippen MR) is 102 cm³/mol. The van der Waals surface area contributed by atoms with Crippen molar-refractivity contribution in [2.24, 2.45) is 0 Å². The summed E-state index contributed by atoms with van der Waals surface area (Å²) in [7, 11) is 0. The van der Waals surface area contributed by atoms with Crippen LogP contribution in [0.5, 0.6) is 0 Å². The van der Waals surface area contributed by atoms with E-state index >= 15 is 0 Å². The van der Waals surface area contributed by atoms with Gasteiger partial charge in [-0.15, -0.1) is 0 Å². The molecule has 0 saturated carbocycles. The Bertz CT molecular complexity index is 877. The molecule has 0 aliphatic carbocycles. The fourth-order valence-electron chi connectivity index (χ4n) is 2.75. The van der Waals surface area contributed by atoms with Crippen molar-refractivity contribution in [2.45, 2.75) is 6.92 Å². The van der Waals surface area contributed by atoms with Crippen LogP contribution in [-0.4, -0.2) is 55.4 Å². The molecule has 1 aromatic heterocycles. The molecule has 1 saturated heterocycles. The molecule has 2 aromatic rings. The van der Waals surface area contributed by atoms with Crippen molar-refractivity contribution in [3.8, 4) is 0 Å². The van der Waals surface area contributed by atoms with Crippen molar-refractivity contribution < 1.29 is 22.7 Å². The predicted octanol–water partition coefficient (Wildman–Crippen LogP) is 2.27. The molecule has 1 aliphatic rings. The van der Waals surface area contributed by atoms with Gasteiger partial charge in [0.15, 0.2) is 17.5 Å². The molecule has 1 fully saturated rings. The first-order valence-corrected chi connectivity index (χ1v) is 9.04. The first-order chi connectivity index (χ1) is 13.9. The molecule has 0 unspecified atom stereocenters. The Hall–Kier alpha value is -3.08. The molecule has 0 bridgehead atoms. The average molecular weight is 410 g/mol. The Morgan fingerprint density at radius 3 is 2.66 bits per heavy atom. The van der Waals surface area contributed by atoms with Crippen molar-refractivity contribution in [1.82, 2.24) is 15.3 Å². The standard InChI is InChI=1S/C18H21F3N6O2/c1-11-24-14(10-15(25-11)27-6-8-29-9-7-27)22-4-5-23-18(28)26-13-3-2-12(19)16(20)17(13)21/h2-3,10H,4-9H2,1H3,(H,22,24,25)(H2,23,26,28). The summed E-state index contributed by atoms with van der Waals surface area (Å²) in [5.41, 5.74) is -0.448. The minimum absolute atomic E-state index is 0.188. The molecule has 11 heteroatoms. The quantitative estimate of drug-likeness (QED) is 0.500. The normalized spacial score (nSPS) is 13.9. The molecule has 1 aliphatic heterocycles. The number of amides is 2. The molecule has 0 atom stereocenters. The molecule has 3 N–H and O–H groups in total. The number of aryl methyl sites for hydroxylation is 1. The highest BCUT2D eigenvalue weighted by atomic mass is 19.2. The molecule has 0 spiro atoms. The maximum absolute atomic E-state index is 13.6. The number of ether oxygens (including phenoxy) is 1. The lowest BCUT2D eigenvalue weighted by Crippen LogP contribution is -2.37.